The molecule has 22 heavy (non-hydrogen) atoms. The second kappa shape index (κ2) is 5.57. The first-order chi connectivity index (χ1) is 10.2. The molecule has 0 fully saturated rings. The standard InChI is InChI=1S/C14H11NO6S/c1-9-2-5-11(6-3-9)22(20,21)13-7-4-10(14(16)17)8-12(13)15(18)19/h2-8H,1H3,(H,16,17). The van der Waals surface area contributed by atoms with Crippen molar-refractivity contribution in [1.29, 1.82) is 0 Å². The maximum atomic E-state index is 12.5. The van der Waals surface area contributed by atoms with Crippen LogP contribution in [0.3, 0.4) is 0 Å². The molecule has 7 nitrogen and oxygen atoms in total. The van der Waals surface area contributed by atoms with E-state index in [1.807, 2.05) is 0 Å². The number of hydrogen-bond donors (Lipinski definition) is 1. The molecule has 0 aromatic heterocycles. The number of aromatic carboxylic acids is 1. The predicted molar refractivity (Wildman–Crippen MR) is 76.7 cm³/mol. The van der Waals surface area contributed by atoms with Crippen molar-refractivity contribution in [2.75, 3.05) is 0 Å². The number of hydrogen-bond acceptors (Lipinski definition) is 5. The zero-order chi connectivity index (χ0) is 16.5. The summed E-state index contributed by atoms with van der Waals surface area (Å²) in [5.41, 5.74) is -0.273. The number of nitro benzene ring substituents is 1. The predicted octanol–water partition coefficient (Wildman–Crippen LogP) is 2.43. The Labute approximate surface area is 125 Å². The van der Waals surface area contributed by atoms with E-state index in [2.05, 4.69) is 0 Å². The minimum Gasteiger partial charge on any atom is -0.478 e. The molecule has 0 aliphatic heterocycles. The molecule has 0 radical (unpaired) electrons. The molecular formula is C14H11NO6S. The van der Waals surface area contributed by atoms with Crippen LogP contribution in [0.25, 0.3) is 0 Å². The summed E-state index contributed by atoms with van der Waals surface area (Å²) in [6, 6.07) is 8.55. The highest BCUT2D eigenvalue weighted by Crippen LogP contribution is 2.30. The lowest BCUT2D eigenvalue weighted by Crippen LogP contribution is -2.07. The monoisotopic (exact) mass is 321 g/mol. The van der Waals surface area contributed by atoms with Crippen molar-refractivity contribution in [2.24, 2.45) is 0 Å². The van der Waals surface area contributed by atoms with Gasteiger partial charge in [0, 0.05) is 6.07 Å². The second-order valence-corrected chi connectivity index (χ2v) is 6.48. The van der Waals surface area contributed by atoms with Crippen LogP contribution in [0.2, 0.25) is 0 Å². The molecule has 0 unspecified atom stereocenters. The molecule has 0 spiro atoms. The summed E-state index contributed by atoms with van der Waals surface area (Å²) in [5.74, 6) is -1.37. The lowest BCUT2D eigenvalue weighted by molar-refractivity contribution is -0.387. The molecule has 2 aromatic rings. The van der Waals surface area contributed by atoms with E-state index in [4.69, 9.17) is 5.11 Å². The number of carbonyl (C=O) groups is 1. The summed E-state index contributed by atoms with van der Waals surface area (Å²) in [7, 11) is -4.11. The number of nitro groups is 1. The fourth-order valence-corrected chi connectivity index (χ4v) is 3.27. The van der Waals surface area contributed by atoms with Gasteiger partial charge in [0.25, 0.3) is 5.69 Å². The minimum atomic E-state index is -4.11. The molecule has 2 aromatic carbocycles. The van der Waals surface area contributed by atoms with E-state index in [9.17, 15) is 23.3 Å². The lowest BCUT2D eigenvalue weighted by Gasteiger charge is -2.06. The zero-order valence-corrected chi connectivity index (χ0v) is 12.2. The van der Waals surface area contributed by atoms with Gasteiger partial charge in [-0.2, -0.15) is 0 Å². The number of nitrogens with zero attached hydrogens (tertiary/aromatic N) is 1. The molecule has 0 atom stereocenters. The molecule has 2 rings (SSSR count). The fraction of sp³-hybridized carbons (Fsp3) is 0.0714. The average Bonchev–Trinajstić information content (AvgIpc) is 2.46. The maximum absolute atomic E-state index is 12.5. The van der Waals surface area contributed by atoms with Crippen LogP contribution in [0.15, 0.2) is 52.3 Å². The summed E-state index contributed by atoms with van der Waals surface area (Å²) < 4.78 is 25.0. The van der Waals surface area contributed by atoms with Gasteiger partial charge in [0.15, 0.2) is 0 Å². The van der Waals surface area contributed by atoms with Crippen LogP contribution in [-0.4, -0.2) is 24.4 Å². The van der Waals surface area contributed by atoms with E-state index >= 15 is 0 Å². The Bertz CT molecular complexity index is 855. The van der Waals surface area contributed by atoms with Gasteiger partial charge >= 0.3 is 5.97 Å². The van der Waals surface area contributed by atoms with Gasteiger partial charge in [-0.25, -0.2) is 13.2 Å². The number of aryl methyl sites for hydroxylation is 1. The summed E-state index contributed by atoms with van der Waals surface area (Å²) in [6.45, 7) is 1.78. The molecule has 0 saturated carbocycles. The van der Waals surface area contributed by atoms with Gasteiger partial charge in [-0.1, -0.05) is 17.7 Å². The molecule has 0 aliphatic carbocycles. The minimum absolute atomic E-state index is 0.0933. The van der Waals surface area contributed by atoms with Crippen LogP contribution >= 0.6 is 0 Å². The van der Waals surface area contributed by atoms with Gasteiger partial charge in [0.1, 0.15) is 4.90 Å². The van der Waals surface area contributed by atoms with Crippen LogP contribution in [-0.2, 0) is 9.84 Å². The second-order valence-electron chi connectivity index (χ2n) is 4.56. The van der Waals surface area contributed by atoms with Crippen LogP contribution in [0.5, 0.6) is 0 Å². The van der Waals surface area contributed by atoms with Gasteiger partial charge < -0.3 is 5.11 Å². The maximum Gasteiger partial charge on any atom is 0.335 e. The third kappa shape index (κ3) is 2.82. The van der Waals surface area contributed by atoms with Gasteiger partial charge in [-0.15, -0.1) is 0 Å². The number of carboxylic acids is 1. The molecule has 0 amide bonds. The molecule has 114 valence electrons. The van der Waals surface area contributed by atoms with E-state index in [0.29, 0.717) is 0 Å². The molecule has 1 N–H and O–H groups in total. The van der Waals surface area contributed by atoms with Crippen molar-refractivity contribution in [3.8, 4) is 0 Å². The van der Waals surface area contributed by atoms with Crippen LogP contribution < -0.4 is 0 Å². The Morgan fingerprint density at radius 2 is 1.73 bits per heavy atom. The Morgan fingerprint density at radius 1 is 1.14 bits per heavy atom. The van der Waals surface area contributed by atoms with Gasteiger partial charge in [-0.3, -0.25) is 10.1 Å². The fourth-order valence-electron chi connectivity index (χ4n) is 1.86. The molecule has 0 bridgehead atoms. The lowest BCUT2D eigenvalue weighted by atomic mass is 10.2. The largest absolute Gasteiger partial charge is 0.478 e. The van der Waals surface area contributed by atoms with Crippen molar-refractivity contribution >= 4 is 21.5 Å². The van der Waals surface area contributed by atoms with E-state index in [0.717, 1.165) is 23.8 Å². The number of sulfone groups is 1. The zero-order valence-electron chi connectivity index (χ0n) is 11.4. The summed E-state index contributed by atoms with van der Waals surface area (Å²) in [4.78, 5) is 20.4. The first kappa shape index (κ1) is 15.6. The topological polar surface area (TPSA) is 115 Å². The smallest absolute Gasteiger partial charge is 0.335 e. The Morgan fingerprint density at radius 3 is 2.23 bits per heavy atom. The summed E-state index contributed by atoms with van der Waals surface area (Å²) >= 11 is 0. The first-order valence-corrected chi connectivity index (χ1v) is 7.55. The highest BCUT2D eigenvalue weighted by molar-refractivity contribution is 7.91. The van der Waals surface area contributed by atoms with Crippen molar-refractivity contribution < 1.29 is 23.2 Å². The molecular weight excluding hydrogens is 310 g/mol. The van der Waals surface area contributed by atoms with Crippen LogP contribution in [0.1, 0.15) is 15.9 Å². The number of carboxylic acid groups (broad SMARTS) is 1. The molecule has 8 heteroatoms. The van der Waals surface area contributed by atoms with Crippen molar-refractivity contribution in [3.63, 3.8) is 0 Å². The Balaban J connectivity index is 2.67. The third-order valence-corrected chi connectivity index (χ3v) is 4.84. The summed E-state index contributed by atoms with van der Waals surface area (Å²) in [6.07, 6.45) is 0. The van der Waals surface area contributed by atoms with Crippen molar-refractivity contribution in [1.82, 2.24) is 0 Å². The third-order valence-electron chi connectivity index (χ3n) is 3.02. The Hall–Kier alpha value is -2.74. The average molecular weight is 321 g/mol. The summed E-state index contributed by atoms with van der Waals surface area (Å²) in [5, 5.41) is 19.9. The molecule has 0 aliphatic rings. The van der Waals surface area contributed by atoms with E-state index in [1.165, 1.54) is 12.1 Å². The van der Waals surface area contributed by atoms with Gasteiger partial charge in [0.05, 0.1) is 15.4 Å². The highest BCUT2D eigenvalue weighted by atomic mass is 32.2. The molecule has 0 heterocycles. The van der Waals surface area contributed by atoms with Gasteiger partial charge in [-0.05, 0) is 31.2 Å². The number of rotatable bonds is 4. The normalized spacial score (nSPS) is 11.1. The van der Waals surface area contributed by atoms with Crippen LogP contribution in [0, 0.1) is 17.0 Å². The van der Waals surface area contributed by atoms with Gasteiger partial charge in [0.2, 0.25) is 9.84 Å². The van der Waals surface area contributed by atoms with E-state index in [1.54, 1.807) is 19.1 Å². The van der Waals surface area contributed by atoms with Crippen LogP contribution in [0.4, 0.5) is 5.69 Å². The number of benzene rings is 2. The Kier molecular flexibility index (Phi) is 3.96. The van der Waals surface area contributed by atoms with E-state index in [-0.39, 0.29) is 10.5 Å². The first-order valence-electron chi connectivity index (χ1n) is 6.07. The SMILES string of the molecule is Cc1ccc(S(=O)(=O)c2ccc(C(=O)O)cc2[N+](=O)[O-])cc1. The van der Waals surface area contributed by atoms with E-state index < -0.39 is 31.3 Å². The quantitative estimate of drug-likeness (QED) is 0.683. The van der Waals surface area contributed by atoms with Crippen molar-refractivity contribution in [3.05, 3.63) is 63.7 Å². The van der Waals surface area contributed by atoms with Crippen molar-refractivity contribution in [2.45, 2.75) is 16.7 Å². The highest BCUT2D eigenvalue weighted by Gasteiger charge is 2.28. The molecule has 0 saturated heterocycles.